The van der Waals surface area contributed by atoms with Crippen LogP contribution in [0.4, 0.5) is 11.5 Å². The first kappa shape index (κ1) is 15.9. The number of nitrogens with one attached hydrogen (secondary N) is 2. The average Bonchev–Trinajstić information content (AvgIpc) is 2.56. The number of aromatic nitrogens is 2. The standard InChI is InChI=1S/C16H20N4O2/c1-3-12-4-6-13(7-5-12)20-16(21)14-10-15(19-11-18-14)17-8-9-22-2/h4-7,10-11H,3,8-9H2,1-2H3,(H,20,21)(H,17,18,19). The molecular formula is C16H20N4O2. The Hall–Kier alpha value is -2.47. The van der Waals surface area contributed by atoms with Crippen molar-refractivity contribution in [1.82, 2.24) is 9.97 Å². The van der Waals surface area contributed by atoms with E-state index in [0.717, 1.165) is 12.1 Å². The number of rotatable bonds is 7. The van der Waals surface area contributed by atoms with Gasteiger partial charge in [-0.25, -0.2) is 9.97 Å². The molecule has 1 amide bonds. The highest BCUT2D eigenvalue weighted by Gasteiger charge is 2.09. The quantitative estimate of drug-likeness (QED) is 0.768. The Bertz CT molecular complexity index is 614. The Balaban J connectivity index is 2.00. The first-order valence-corrected chi connectivity index (χ1v) is 7.18. The van der Waals surface area contributed by atoms with E-state index >= 15 is 0 Å². The van der Waals surface area contributed by atoms with Gasteiger partial charge in [-0.1, -0.05) is 19.1 Å². The molecule has 2 aromatic rings. The fraction of sp³-hybridized carbons (Fsp3) is 0.312. The molecule has 0 unspecified atom stereocenters. The lowest BCUT2D eigenvalue weighted by Gasteiger charge is -2.08. The molecule has 1 aromatic heterocycles. The van der Waals surface area contributed by atoms with E-state index in [1.54, 1.807) is 13.2 Å². The van der Waals surface area contributed by atoms with Crippen molar-refractivity contribution in [3.8, 4) is 0 Å². The predicted octanol–water partition coefficient (Wildman–Crippen LogP) is 2.35. The Morgan fingerprint density at radius 2 is 2.00 bits per heavy atom. The number of methoxy groups -OCH3 is 1. The minimum absolute atomic E-state index is 0.263. The molecule has 0 aliphatic rings. The van der Waals surface area contributed by atoms with E-state index in [9.17, 15) is 4.79 Å². The van der Waals surface area contributed by atoms with Crippen LogP contribution in [0.5, 0.6) is 0 Å². The van der Waals surface area contributed by atoms with Crippen molar-refractivity contribution in [1.29, 1.82) is 0 Å². The summed E-state index contributed by atoms with van der Waals surface area (Å²) in [5, 5.41) is 5.89. The molecule has 116 valence electrons. The second kappa shape index (κ2) is 8.09. The van der Waals surface area contributed by atoms with Gasteiger partial charge in [0.15, 0.2) is 0 Å². The molecular weight excluding hydrogens is 280 g/mol. The van der Waals surface area contributed by atoms with Crippen LogP contribution in [0.1, 0.15) is 23.0 Å². The summed E-state index contributed by atoms with van der Waals surface area (Å²) in [6.45, 7) is 3.27. The van der Waals surface area contributed by atoms with Crippen LogP contribution >= 0.6 is 0 Å². The zero-order chi connectivity index (χ0) is 15.8. The van der Waals surface area contributed by atoms with Crippen molar-refractivity contribution in [2.75, 3.05) is 30.9 Å². The highest BCUT2D eigenvalue weighted by atomic mass is 16.5. The molecule has 0 radical (unpaired) electrons. The van der Waals surface area contributed by atoms with E-state index in [4.69, 9.17) is 4.74 Å². The summed E-state index contributed by atoms with van der Waals surface area (Å²) >= 11 is 0. The van der Waals surface area contributed by atoms with E-state index in [2.05, 4.69) is 27.5 Å². The number of anilines is 2. The average molecular weight is 300 g/mol. The highest BCUT2D eigenvalue weighted by Crippen LogP contribution is 2.12. The van der Waals surface area contributed by atoms with Crippen molar-refractivity contribution >= 4 is 17.4 Å². The van der Waals surface area contributed by atoms with Crippen molar-refractivity contribution in [3.63, 3.8) is 0 Å². The lowest BCUT2D eigenvalue weighted by Crippen LogP contribution is -2.15. The van der Waals surface area contributed by atoms with Gasteiger partial charge in [-0.15, -0.1) is 0 Å². The molecule has 0 aliphatic heterocycles. The summed E-state index contributed by atoms with van der Waals surface area (Å²) in [4.78, 5) is 20.3. The minimum Gasteiger partial charge on any atom is -0.383 e. The Morgan fingerprint density at radius 1 is 1.23 bits per heavy atom. The van der Waals surface area contributed by atoms with Gasteiger partial charge in [-0.2, -0.15) is 0 Å². The SMILES string of the molecule is CCc1ccc(NC(=O)c2cc(NCCOC)ncn2)cc1. The molecule has 0 atom stereocenters. The molecule has 1 aromatic carbocycles. The number of carbonyl (C=O) groups is 1. The smallest absolute Gasteiger partial charge is 0.274 e. The number of amides is 1. The topological polar surface area (TPSA) is 76.1 Å². The Labute approximate surface area is 129 Å². The van der Waals surface area contributed by atoms with Crippen LogP contribution in [0.2, 0.25) is 0 Å². The number of nitrogens with zero attached hydrogens (tertiary/aromatic N) is 2. The first-order chi connectivity index (χ1) is 10.7. The number of aryl methyl sites for hydroxylation is 1. The summed E-state index contributed by atoms with van der Waals surface area (Å²) in [5.74, 6) is 0.333. The van der Waals surface area contributed by atoms with Crippen molar-refractivity contribution in [2.45, 2.75) is 13.3 Å². The molecule has 0 aliphatic carbocycles. The zero-order valence-corrected chi connectivity index (χ0v) is 12.8. The third-order valence-corrected chi connectivity index (χ3v) is 3.13. The van der Waals surface area contributed by atoms with Crippen molar-refractivity contribution in [3.05, 3.63) is 47.9 Å². The van der Waals surface area contributed by atoms with Gasteiger partial charge in [-0.3, -0.25) is 4.79 Å². The van der Waals surface area contributed by atoms with Crippen molar-refractivity contribution in [2.24, 2.45) is 0 Å². The molecule has 0 saturated heterocycles. The van der Waals surface area contributed by atoms with Crippen LogP contribution in [-0.2, 0) is 11.2 Å². The van der Waals surface area contributed by atoms with Gasteiger partial charge in [0.1, 0.15) is 17.8 Å². The first-order valence-electron chi connectivity index (χ1n) is 7.18. The fourth-order valence-electron chi connectivity index (χ4n) is 1.88. The van der Waals surface area contributed by atoms with Gasteiger partial charge in [0.25, 0.3) is 5.91 Å². The summed E-state index contributed by atoms with van der Waals surface area (Å²) in [5.41, 5.74) is 2.29. The maximum atomic E-state index is 12.2. The number of hydrogen-bond donors (Lipinski definition) is 2. The largest absolute Gasteiger partial charge is 0.383 e. The van der Waals surface area contributed by atoms with Crippen LogP contribution in [-0.4, -0.2) is 36.1 Å². The summed E-state index contributed by atoms with van der Waals surface area (Å²) < 4.78 is 4.95. The fourth-order valence-corrected chi connectivity index (χ4v) is 1.88. The third kappa shape index (κ3) is 4.53. The van der Waals surface area contributed by atoms with Crippen LogP contribution in [0.3, 0.4) is 0 Å². The Kier molecular flexibility index (Phi) is 5.85. The Morgan fingerprint density at radius 3 is 2.68 bits per heavy atom. The third-order valence-electron chi connectivity index (χ3n) is 3.13. The van der Waals surface area contributed by atoms with E-state index < -0.39 is 0 Å². The summed E-state index contributed by atoms with van der Waals surface area (Å²) in [6, 6.07) is 9.37. The predicted molar refractivity (Wildman–Crippen MR) is 86.2 cm³/mol. The number of benzene rings is 1. The maximum absolute atomic E-state index is 12.2. The molecule has 6 heteroatoms. The molecule has 22 heavy (non-hydrogen) atoms. The van der Waals surface area contributed by atoms with Crippen LogP contribution in [0, 0.1) is 0 Å². The number of carbonyl (C=O) groups excluding carboxylic acids is 1. The second-order valence-corrected chi connectivity index (χ2v) is 4.71. The minimum atomic E-state index is -0.263. The van der Waals surface area contributed by atoms with Crippen molar-refractivity contribution < 1.29 is 9.53 Å². The number of ether oxygens (including phenoxy) is 1. The second-order valence-electron chi connectivity index (χ2n) is 4.71. The van der Waals surface area contributed by atoms with E-state index in [0.29, 0.717) is 24.7 Å². The molecule has 2 rings (SSSR count). The normalized spacial score (nSPS) is 10.3. The number of hydrogen-bond acceptors (Lipinski definition) is 5. The lowest BCUT2D eigenvalue weighted by molar-refractivity contribution is 0.102. The molecule has 0 bridgehead atoms. The van der Waals surface area contributed by atoms with Gasteiger partial charge in [0.2, 0.25) is 0 Å². The van der Waals surface area contributed by atoms with Gasteiger partial charge in [0.05, 0.1) is 6.61 Å². The summed E-state index contributed by atoms with van der Waals surface area (Å²) in [6.07, 6.45) is 2.33. The van der Waals surface area contributed by atoms with Crippen LogP contribution in [0.15, 0.2) is 36.7 Å². The van der Waals surface area contributed by atoms with Gasteiger partial charge in [0, 0.05) is 25.4 Å². The van der Waals surface area contributed by atoms with E-state index in [1.165, 1.54) is 11.9 Å². The molecule has 2 N–H and O–H groups in total. The monoisotopic (exact) mass is 300 g/mol. The lowest BCUT2D eigenvalue weighted by atomic mass is 10.1. The highest BCUT2D eigenvalue weighted by molar-refractivity contribution is 6.03. The van der Waals surface area contributed by atoms with Gasteiger partial charge >= 0.3 is 0 Å². The molecule has 0 saturated carbocycles. The summed E-state index contributed by atoms with van der Waals surface area (Å²) in [7, 11) is 1.63. The van der Waals surface area contributed by atoms with E-state index in [-0.39, 0.29) is 5.91 Å². The van der Waals surface area contributed by atoms with Crippen LogP contribution in [0.25, 0.3) is 0 Å². The molecule has 0 fully saturated rings. The van der Waals surface area contributed by atoms with Crippen LogP contribution < -0.4 is 10.6 Å². The van der Waals surface area contributed by atoms with Gasteiger partial charge < -0.3 is 15.4 Å². The zero-order valence-electron chi connectivity index (χ0n) is 12.8. The molecule has 0 spiro atoms. The van der Waals surface area contributed by atoms with E-state index in [1.807, 2.05) is 24.3 Å². The maximum Gasteiger partial charge on any atom is 0.274 e. The van der Waals surface area contributed by atoms with Gasteiger partial charge in [-0.05, 0) is 24.1 Å². The molecule has 1 heterocycles. The molecule has 6 nitrogen and oxygen atoms in total.